The Balaban J connectivity index is 0.00000288. The largest absolute Gasteiger partial charge is 0.357 e. The maximum Gasteiger partial charge on any atom is 0.191 e. The van der Waals surface area contributed by atoms with Crippen molar-refractivity contribution in [2.75, 3.05) is 25.1 Å². The number of fused-ring (bicyclic) bond motifs is 1. The van der Waals surface area contributed by atoms with Crippen LogP contribution in [0.25, 0.3) is 10.8 Å². The highest BCUT2D eigenvalue weighted by atomic mass is 127. The second-order valence-electron chi connectivity index (χ2n) is 5.46. The lowest BCUT2D eigenvalue weighted by Gasteiger charge is -2.11. The molecule has 0 bridgehead atoms. The van der Waals surface area contributed by atoms with Crippen LogP contribution in [0.5, 0.6) is 0 Å². The number of hydrogen-bond donors (Lipinski definition) is 2. The third-order valence-electron chi connectivity index (χ3n) is 3.70. The molecule has 0 saturated carbocycles. The second kappa shape index (κ2) is 12.4. The van der Waals surface area contributed by atoms with Crippen molar-refractivity contribution in [1.82, 2.24) is 10.6 Å². The normalized spacial score (nSPS) is 11.2. The molecule has 5 heteroatoms. The number of nitrogens with one attached hydrogen (secondary N) is 2. The molecule has 0 aliphatic heterocycles. The first kappa shape index (κ1) is 21.1. The minimum Gasteiger partial charge on any atom is -0.357 e. The van der Waals surface area contributed by atoms with Crippen LogP contribution >= 0.6 is 35.7 Å². The Morgan fingerprint density at radius 1 is 1.04 bits per heavy atom. The van der Waals surface area contributed by atoms with Gasteiger partial charge in [-0.15, -0.1) is 24.0 Å². The number of rotatable bonds is 8. The number of benzene rings is 2. The molecule has 2 N–H and O–H groups in total. The number of aliphatic imine (C=N–C) groups is 1. The molecule has 0 saturated heterocycles. The fourth-order valence-electron chi connectivity index (χ4n) is 2.51. The summed E-state index contributed by atoms with van der Waals surface area (Å²) < 4.78 is 0. The molecule has 0 aliphatic rings. The van der Waals surface area contributed by atoms with E-state index in [-0.39, 0.29) is 24.0 Å². The van der Waals surface area contributed by atoms with Gasteiger partial charge < -0.3 is 10.6 Å². The summed E-state index contributed by atoms with van der Waals surface area (Å²) in [5.41, 5.74) is 1.27. The fourth-order valence-corrected chi connectivity index (χ4v) is 3.01. The van der Waals surface area contributed by atoms with E-state index in [2.05, 4.69) is 66.3 Å². The number of guanidine groups is 1. The molecule has 132 valence electrons. The summed E-state index contributed by atoms with van der Waals surface area (Å²) in [5.74, 6) is 2.13. The molecule has 0 atom stereocenters. The van der Waals surface area contributed by atoms with Gasteiger partial charge in [0, 0.05) is 13.1 Å². The lowest BCUT2D eigenvalue weighted by Crippen LogP contribution is -2.37. The van der Waals surface area contributed by atoms with Gasteiger partial charge in [-0.3, -0.25) is 0 Å². The van der Waals surface area contributed by atoms with Crippen molar-refractivity contribution in [3.05, 3.63) is 48.0 Å². The zero-order valence-electron chi connectivity index (χ0n) is 14.5. The topological polar surface area (TPSA) is 36.4 Å². The molecule has 2 rings (SSSR count). The summed E-state index contributed by atoms with van der Waals surface area (Å²) in [7, 11) is 0. The molecule has 24 heavy (non-hydrogen) atoms. The summed E-state index contributed by atoms with van der Waals surface area (Å²) in [6.45, 7) is 4.65. The van der Waals surface area contributed by atoms with Crippen LogP contribution in [0.4, 0.5) is 0 Å². The van der Waals surface area contributed by atoms with Crippen LogP contribution in [0.15, 0.2) is 47.5 Å². The summed E-state index contributed by atoms with van der Waals surface area (Å²) >= 11 is 1.91. The Morgan fingerprint density at radius 2 is 1.83 bits per heavy atom. The first-order valence-corrected chi connectivity index (χ1v) is 9.72. The predicted molar refractivity (Wildman–Crippen MR) is 120 cm³/mol. The molecule has 2 aromatic rings. The Bertz CT molecular complexity index is 626. The summed E-state index contributed by atoms with van der Waals surface area (Å²) in [5, 5.41) is 9.31. The van der Waals surface area contributed by atoms with E-state index in [1.807, 2.05) is 11.8 Å². The highest BCUT2D eigenvalue weighted by Gasteiger charge is 2.01. The van der Waals surface area contributed by atoms with Crippen molar-refractivity contribution in [1.29, 1.82) is 0 Å². The van der Waals surface area contributed by atoms with Gasteiger partial charge in [-0.05, 0) is 48.1 Å². The molecule has 0 radical (unpaired) electrons. The van der Waals surface area contributed by atoms with Gasteiger partial charge in [-0.1, -0.05) is 42.5 Å². The highest BCUT2D eigenvalue weighted by molar-refractivity contribution is 14.0. The molecule has 0 spiro atoms. The van der Waals surface area contributed by atoms with Crippen LogP contribution in [0.1, 0.15) is 25.3 Å². The van der Waals surface area contributed by atoms with Crippen LogP contribution in [-0.4, -0.2) is 31.1 Å². The van der Waals surface area contributed by atoms with Crippen molar-refractivity contribution >= 4 is 52.5 Å². The Labute approximate surface area is 167 Å². The van der Waals surface area contributed by atoms with E-state index in [0.29, 0.717) is 6.54 Å². The van der Waals surface area contributed by atoms with Crippen LogP contribution in [-0.2, 0) is 6.54 Å². The van der Waals surface area contributed by atoms with Gasteiger partial charge in [0.05, 0.1) is 6.54 Å². The molecule has 0 unspecified atom stereocenters. The first-order valence-electron chi connectivity index (χ1n) is 8.33. The van der Waals surface area contributed by atoms with Gasteiger partial charge in [-0.2, -0.15) is 11.8 Å². The molecule has 0 amide bonds. The van der Waals surface area contributed by atoms with E-state index in [4.69, 9.17) is 4.99 Å². The van der Waals surface area contributed by atoms with Gasteiger partial charge in [0.15, 0.2) is 5.96 Å². The monoisotopic (exact) mass is 457 g/mol. The van der Waals surface area contributed by atoms with E-state index >= 15 is 0 Å². The number of nitrogens with zero attached hydrogens (tertiary/aromatic N) is 1. The summed E-state index contributed by atoms with van der Waals surface area (Å²) in [4.78, 5) is 4.74. The van der Waals surface area contributed by atoms with Crippen LogP contribution < -0.4 is 10.6 Å². The Morgan fingerprint density at radius 3 is 2.62 bits per heavy atom. The molecular formula is C19H28IN3S. The number of thioether (sulfide) groups is 1. The molecule has 0 aromatic heterocycles. The lowest BCUT2D eigenvalue weighted by molar-refractivity contribution is 0.734. The Kier molecular flexibility index (Phi) is 10.9. The van der Waals surface area contributed by atoms with Gasteiger partial charge >= 0.3 is 0 Å². The van der Waals surface area contributed by atoms with Crippen LogP contribution in [0.2, 0.25) is 0 Å². The van der Waals surface area contributed by atoms with E-state index in [0.717, 1.165) is 19.0 Å². The van der Waals surface area contributed by atoms with Crippen molar-refractivity contribution in [2.45, 2.75) is 26.3 Å². The second-order valence-corrected chi connectivity index (χ2v) is 6.45. The molecule has 2 aromatic carbocycles. The zero-order chi connectivity index (χ0) is 16.3. The van der Waals surface area contributed by atoms with Crippen LogP contribution in [0, 0.1) is 0 Å². The summed E-state index contributed by atoms with van der Waals surface area (Å²) in [6, 6.07) is 14.9. The van der Waals surface area contributed by atoms with Crippen molar-refractivity contribution in [3.63, 3.8) is 0 Å². The van der Waals surface area contributed by atoms with Crippen molar-refractivity contribution in [3.8, 4) is 0 Å². The standard InChI is InChI=1S/C19H27N3S.HI/c1-3-20-19(21-13-6-7-14-23-2)22-15-17-11-8-10-16-9-4-5-12-18(16)17;/h4-5,8-12H,3,6-7,13-15H2,1-2H3,(H2,20,21,22);1H. The SMILES string of the molecule is CCNC(=NCc1cccc2ccccc12)NCCCCSC.I. The minimum absolute atomic E-state index is 0. The predicted octanol–water partition coefficient (Wildman–Crippen LogP) is 4.66. The average Bonchev–Trinajstić information content (AvgIpc) is 2.59. The van der Waals surface area contributed by atoms with Gasteiger partial charge in [0.2, 0.25) is 0 Å². The Hall–Kier alpha value is -0.950. The van der Waals surface area contributed by atoms with E-state index < -0.39 is 0 Å². The smallest absolute Gasteiger partial charge is 0.191 e. The molecule has 0 heterocycles. The maximum absolute atomic E-state index is 4.74. The van der Waals surface area contributed by atoms with E-state index in [9.17, 15) is 0 Å². The van der Waals surface area contributed by atoms with Gasteiger partial charge in [0.25, 0.3) is 0 Å². The summed E-state index contributed by atoms with van der Waals surface area (Å²) in [6.07, 6.45) is 4.58. The van der Waals surface area contributed by atoms with Gasteiger partial charge in [-0.25, -0.2) is 4.99 Å². The third kappa shape index (κ3) is 6.89. The fraction of sp³-hybridized carbons (Fsp3) is 0.421. The zero-order valence-corrected chi connectivity index (χ0v) is 17.7. The molecular weight excluding hydrogens is 429 g/mol. The minimum atomic E-state index is 0. The lowest BCUT2D eigenvalue weighted by atomic mass is 10.1. The average molecular weight is 457 g/mol. The van der Waals surface area contributed by atoms with Crippen molar-refractivity contribution in [2.24, 2.45) is 4.99 Å². The van der Waals surface area contributed by atoms with Gasteiger partial charge in [0.1, 0.15) is 0 Å². The van der Waals surface area contributed by atoms with E-state index in [1.165, 1.54) is 34.9 Å². The highest BCUT2D eigenvalue weighted by Crippen LogP contribution is 2.19. The van der Waals surface area contributed by atoms with Crippen LogP contribution in [0.3, 0.4) is 0 Å². The molecule has 0 fully saturated rings. The maximum atomic E-state index is 4.74. The number of hydrogen-bond acceptors (Lipinski definition) is 2. The molecule has 0 aliphatic carbocycles. The third-order valence-corrected chi connectivity index (χ3v) is 4.40. The quantitative estimate of drug-likeness (QED) is 0.262. The van der Waals surface area contributed by atoms with Crippen molar-refractivity contribution < 1.29 is 0 Å². The van der Waals surface area contributed by atoms with E-state index in [1.54, 1.807) is 0 Å². The number of unbranched alkanes of at least 4 members (excludes halogenated alkanes) is 1. The molecule has 3 nitrogen and oxygen atoms in total. The first-order chi connectivity index (χ1) is 11.3. The number of halogens is 1.